The molecule has 0 radical (unpaired) electrons. The first kappa shape index (κ1) is 21.4. The summed E-state index contributed by atoms with van der Waals surface area (Å²) in [5.41, 5.74) is 0.240. The van der Waals surface area contributed by atoms with E-state index in [4.69, 9.17) is 4.74 Å². The van der Waals surface area contributed by atoms with Crippen molar-refractivity contribution in [2.75, 3.05) is 6.26 Å². The van der Waals surface area contributed by atoms with E-state index in [2.05, 4.69) is 23.4 Å². The quantitative estimate of drug-likeness (QED) is 0.253. The first-order valence-corrected chi connectivity index (χ1v) is 9.63. The molecule has 0 saturated heterocycles. The number of allylic oxidation sites excluding steroid dienone is 2. The summed E-state index contributed by atoms with van der Waals surface area (Å²) in [5, 5.41) is 2.84. The lowest BCUT2D eigenvalue weighted by Crippen LogP contribution is -2.24. The van der Waals surface area contributed by atoms with Gasteiger partial charge in [-0.3, -0.25) is 4.72 Å². The van der Waals surface area contributed by atoms with E-state index in [0.29, 0.717) is 0 Å². The summed E-state index contributed by atoms with van der Waals surface area (Å²) < 4.78 is 31.0. The van der Waals surface area contributed by atoms with Gasteiger partial charge in [0.25, 0.3) is 0 Å². The molecule has 0 amide bonds. The minimum Gasteiger partial charge on any atom is -0.489 e. The van der Waals surface area contributed by atoms with Gasteiger partial charge in [0, 0.05) is 0 Å². The van der Waals surface area contributed by atoms with Crippen LogP contribution in [0.4, 0.5) is 0 Å². The number of nitrogens with one attached hydrogen (secondary N) is 1. The Hall–Kier alpha value is -1.63. The van der Waals surface area contributed by atoms with Gasteiger partial charge in [-0.1, -0.05) is 43.7 Å². The topological polar surface area (TPSA) is 84.8 Å². The van der Waals surface area contributed by atoms with Crippen LogP contribution in [0.15, 0.2) is 41.4 Å². The second-order valence-corrected chi connectivity index (χ2v) is 7.28. The van der Waals surface area contributed by atoms with Gasteiger partial charge in [0.1, 0.15) is 11.8 Å². The van der Waals surface area contributed by atoms with Crippen LogP contribution < -0.4 is 4.72 Å². The Balaban J connectivity index is 4.91. The van der Waals surface area contributed by atoms with Crippen LogP contribution in [0, 0.1) is 4.91 Å². The van der Waals surface area contributed by atoms with E-state index < -0.39 is 16.1 Å². The predicted molar refractivity (Wildman–Crippen MR) is 94.3 cm³/mol. The predicted octanol–water partition coefficient (Wildman–Crippen LogP) is 3.63. The molecule has 0 heterocycles. The molecule has 0 bridgehead atoms. The molecule has 23 heavy (non-hydrogen) atoms. The van der Waals surface area contributed by atoms with Gasteiger partial charge in [0.2, 0.25) is 10.0 Å². The second-order valence-electron chi connectivity index (χ2n) is 5.53. The van der Waals surface area contributed by atoms with Gasteiger partial charge in [-0.2, -0.15) is 4.91 Å². The molecule has 7 heteroatoms. The molecule has 6 nitrogen and oxygen atoms in total. The van der Waals surface area contributed by atoms with Gasteiger partial charge in [-0.25, -0.2) is 8.42 Å². The van der Waals surface area contributed by atoms with Crippen LogP contribution in [0.5, 0.6) is 0 Å². The van der Waals surface area contributed by atoms with Gasteiger partial charge in [-0.05, 0) is 32.8 Å². The van der Waals surface area contributed by atoms with E-state index in [-0.39, 0.29) is 17.6 Å². The minimum atomic E-state index is -3.46. The van der Waals surface area contributed by atoms with Crippen LogP contribution in [-0.4, -0.2) is 26.8 Å². The SMILES string of the molecule is C=C(OC(C)CCCCC)/C(=C\C=C/C(C)N=O)NS(C)(=O)=O. The van der Waals surface area contributed by atoms with Crippen LogP contribution >= 0.6 is 0 Å². The standard InChI is InChI=1S/C16H28N2O4S/c1-6-7-8-11-14(3)22-15(4)16(18-23(5,20)21)12-9-10-13(2)17-19/h9-10,12-14,18H,4,6-8,11H2,1-3,5H3/b10-9-,16-12+. The van der Waals surface area contributed by atoms with Gasteiger partial charge in [-0.15, -0.1) is 0 Å². The molecule has 0 aromatic carbocycles. The summed E-state index contributed by atoms with van der Waals surface area (Å²) in [7, 11) is -3.46. The van der Waals surface area contributed by atoms with Crippen molar-refractivity contribution in [3.05, 3.63) is 41.2 Å². The Morgan fingerprint density at radius 3 is 2.52 bits per heavy atom. The summed E-state index contributed by atoms with van der Waals surface area (Å²) in [4.78, 5) is 10.3. The highest BCUT2D eigenvalue weighted by molar-refractivity contribution is 7.88. The molecule has 132 valence electrons. The van der Waals surface area contributed by atoms with Gasteiger partial charge < -0.3 is 4.74 Å². The molecular formula is C16H28N2O4S. The van der Waals surface area contributed by atoms with E-state index in [0.717, 1.165) is 31.9 Å². The van der Waals surface area contributed by atoms with Crippen LogP contribution in [0.1, 0.15) is 46.5 Å². The number of unbranched alkanes of at least 4 members (excludes halogenated alkanes) is 2. The molecule has 1 N–H and O–H groups in total. The van der Waals surface area contributed by atoms with E-state index in [1.54, 1.807) is 19.1 Å². The van der Waals surface area contributed by atoms with Crippen LogP contribution in [-0.2, 0) is 14.8 Å². The lowest BCUT2D eigenvalue weighted by molar-refractivity contribution is 0.127. The molecule has 0 spiro atoms. The minimum absolute atomic E-state index is 0.0571. The number of sulfonamides is 1. The molecule has 0 aromatic rings. The highest BCUT2D eigenvalue weighted by Crippen LogP contribution is 2.15. The maximum absolute atomic E-state index is 11.5. The molecule has 0 fully saturated rings. The molecule has 2 atom stereocenters. The fourth-order valence-corrected chi connectivity index (χ4v) is 2.36. The zero-order valence-electron chi connectivity index (χ0n) is 14.4. The number of ether oxygens (including phenoxy) is 1. The number of rotatable bonds is 12. The molecule has 0 aliphatic heterocycles. The average Bonchev–Trinajstić information content (AvgIpc) is 2.44. The second kappa shape index (κ2) is 11.0. The Morgan fingerprint density at radius 2 is 2.00 bits per heavy atom. The number of nitroso groups, excluding NO2 is 1. The number of nitrogens with zero attached hydrogens (tertiary/aromatic N) is 1. The largest absolute Gasteiger partial charge is 0.489 e. The molecular weight excluding hydrogens is 316 g/mol. The molecule has 0 aliphatic rings. The van der Waals surface area contributed by atoms with Crippen molar-refractivity contribution in [1.82, 2.24) is 4.72 Å². The van der Waals surface area contributed by atoms with Crippen LogP contribution in [0.25, 0.3) is 0 Å². The maximum Gasteiger partial charge on any atom is 0.229 e. The van der Waals surface area contributed by atoms with Gasteiger partial charge >= 0.3 is 0 Å². The third-order valence-corrected chi connectivity index (χ3v) is 3.56. The normalized spacial score (nSPS) is 15.2. The third kappa shape index (κ3) is 11.6. The summed E-state index contributed by atoms with van der Waals surface area (Å²) in [6.07, 6.45) is 9.78. The maximum atomic E-state index is 11.5. The molecule has 0 aliphatic carbocycles. The van der Waals surface area contributed by atoms with Crippen molar-refractivity contribution in [3.63, 3.8) is 0 Å². The van der Waals surface area contributed by atoms with Crippen molar-refractivity contribution in [2.24, 2.45) is 5.18 Å². The van der Waals surface area contributed by atoms with E-state index in [1.807, 2.05) is 6.92 Å². The van der Waals surface area contributed by atoms with Crippen molar-refractivity contribution in [2.45, 2.75) is 58.6 Å². The lowest BCUT2D eigenvalue weighted by Gasteiger charge is -2.18. The lowest BCUT2D eigenvalue weighted by atomic mass is 10.1. The fourth-order valence-electron chi connectivity index (χ4n) is 1.78. The monoisotopic (exact) mass is 344 g/mol. The summed E-state index contributed by atoms with van der Waals surface area (Å²) in [6.45, 7) is 9.47. The zero-order valence-corrected chi connectivity index (χ0v) is 15.2. The van der Waals surface area contributed by atoms with E-state index in [1.165, 1.54) is 6.08 Å². The van der Waals surface area contributed by atoms with E-state index >= 15 is 0 Å². The fraction of sp³-hybridized carbons (Fsp3) is 0.625. The average molecular weight is 344 g/mol. The number of hydrogen-bond donors (Lipinski definition) is 1. The highest BCUT2D eigenvalue weighted by Gasteiger charge is 2.12. The van der Waals surface area contributed by atoms with Crippen LogP contribution in [0.2, 0.25) is 0 Å². The summed E-state index contributed by atoms with van der Waals surface area (Å²) >= 11 is 0. The molecule has 0 aromatic heterocycles. The summed E-state index contributed by atoms with van der Waals surface area (Å²) in [6, 6.07) is -0.493. The Morgan fingerprint density at radius 1 is 1.35 bits per heavy atom. The Bertz CT molecular complexity index is 538. The van der Waals surface area contributed by atoms with Crippen molar-refractivity contribution < 1.29 is 13.2 Å². The smallest absolute Gasteiger partial charge is 0.229 e. The van der Waals surface area contributed by atoms with E-state index in [9.17, 15) is 13.3 Å². The van der Waals surface area contributed by atoms with Crippen molar-refractivity contribution >= 4 is 10.0 Å². The van der Waals surface area contributed by atoms with Crippen molar-refractivity contribution in [1.29, 1.82) is 0 Å². The Labute approximate surface area is 139 Å². The van der Waals surface area contributed by atoms with Crippen molar-refractivity contribution in [3.8, 4) is 0 Å². The summed E-state index contributed by atoms with van der Waals surface area (Å²) in [5.74, 6) is 0.246. The van der Waals surface area contributed by atoms with Gasteiger partial charge in [0.05, 0.1) is 18.1 Å². The van der Waals surface area contributed by atoms with Crippen LogP contribution in [0.3, 0.4) is 0 Å². The Kier molecular flexibility index (Phi) is 10.2. The molecule has 0 saturated carbocycles. The third-order valence-electron chi connectivity index (χ3n) is 2.97. The zero-order chi connectivity index (χ0) is 17.9. The van der Waals surface area contributed by atoms with Gasteiger partial charge in [0.15, 0.2) is 0 Å². The molecule has 0 rings (SSSR count). The highest BCUT2D eigenvalue weighted by atomic mass is 32.2. The number of hydrogen-bond acceptors (Lipinski definition) is 5. The molecule has 2 unspecified atom stereocenters. The first-order chi connectivity index (χ1) is 10.7. The first-order valence-electron chi connectivity index (χ1n) is 7.74.